The molecular weight excluding hydrogens is 226 g/mol. The molecule has 4 heteroatoms. The standard InChI is InChI=1S/C8H13N2O.Rb/c11-6-10-4-3-7-1-2-8(5-10)9-7;/h7-9H,1-5H2;. The maximum atomic E-state index is 11.2. The molecule has 2 saturated heterocycles. The third-order valence-electron chi connectivity index (χ3n) is 2.97. The van der Waals surface area contributed by atoms with E-state index in [1.807, 2.05) is 0 Å². The molecule has 0 aromatic carbocycles. The summed E-state index contributed by atoms with van der Waals surface area (Å²) in [6.07, 6.45) is 3.76. The first-order valence-corrected chi connectivity index (χ1v) is 7.23. The topological polar surface area (TPSA) is 32.3 Å². The predicted molar refractivity (Wildman–Crippen MR) is 47.3 cm³/mol. The van der Waals surface area contributed by atoms with Crippen molar-refractivity contribution in [2.45, 2.75) is 31.3 Å². The molecule has 3 nitrogen and oxygen atoms in total. The Kier molecular flexibility index (Phi) is 3.40. The van der Waals surface area contributed by atoms with Crippen LogP contribution in [0.15, 0.2) is 0 Å². The van der Waals surface area contributed by atoms with Crippen LogP contribution in [0.25, 0.3) is 0 Å². The van der Waals surface area contributed by atoms with Crippen molar-refractivity contribution in [2.75, 3.05) is 13.1 Å². The van der Waals surface area contributed by atoms with Gasteiger partial charge in [0, 0.05) is 0 Å². The van der Waals surface area contributed by atoms with E-state index < -0.39 is 0 Å². The average molecular weight is 239 g/mol. The number of carbonyl (C=O) groups excluding carboxylic acids is 1. The van der Waals surface area contributed by atoms with E-state index in [0.29, 0.717) is 11.1 Å². The van der Waals surface area contributed by atoms with Gasteiger partial charge in [-0.1, -0.05) is 0 Å². The van der Waals surface area contributed by atoms with Crippen molar-refractivity contribution in [1.82, 2.24) is 10.2 Å². The molecule has 2 bridgehead atoms. The van der Waals surface area contributed by atoms with Gasteiger partial charge >= 0.3 is 114 Å². The zero-order valence-electron chi connectivity index (χ0n) is 7.55. The Labute approximate surface area is 112 Å². The molecule has 2 heterocycles. The fraction of sp³-hybridized carbons (Fsp3) is 0.875. The van der Waals surface area contributed by atoms with Gasteiger partial charge in [0.2, 0.25) is 0 Å². The Bertz CT molecular complexity index is 197. The molecule has 0 aliphatic carbocycles. The Morgan fingerprint density at radius 2 is 2.08 bits per heavy atom. The minimum atomic E-state index is 0.170. The third kappa shape index (κ3) is 2.18. The van der Waals surface area contributed by atoms with Crippen LogP contribution in [0.4, 0.5) is 4.79 Å². The quantitative estimate of drug-likeness (QED) is 0.649. The molecule has 1 amide bonds. The summed E-state index contributed by atoms with van der Waals surface area (Å²) in [6, 6.07) is 1.31. The number of carbonyl (C=O) groups is 1. The second-order valence-electron chi connectivity index (χ2n) is 3.89. The van der Waals surface area contributed by atoms with Crippen LogP contribution in [-0.2, 0) is 0 Å². The number of hydrogen-bond acceptors (Lipinski definition) is 2. The molecule has 0 radical (unpaired) electrons. The molecule has 2 aliphatic rings. The summed E-state index contributed by atoms with van der Waals surface area (Å²) >= 11 is 0.170. The van der Waals surface area contributed by atoms with E-state index >= 15 is 0 Å². The summed E-state index contributed by atoms with van der Waals surface area (Å²) in [6.45, 7) is 1.98. The maximum absolute atomic E-state index is 11.2. The molecule has 12 heavy (non-hydrogen) atoms. The van der Waals surface area contributed by atoms with Crippen molar-refractivity contribution in [3.05, 3.63) is 0 Å². The number of fused-ring (bicyclic) bond motifs is 2. The van der Waals surface area contributed by atoms with Crippen LogP contribution < -0.4 is 5.32 Å². The number of hydrogen-bond donors (Lipinski definition) is 1. The zero-order valence-corrected chi connectivity index (χ0v) is 12.5. The van der Waals surface area contributed by atoms with Gasteiger partial charge in [-0.15, -0.1) is 0 Å². The molecule has 0 aromatic heterocycles. The van der Waals surface area contributed by atoms with Crippen LogP contribution in [0.2, 0.25) is 0 Å². The van der Waals surface area contributed by atoms with E-state index in [9.17, 15) is 4.79 Å². The summed E-state index contributed by atoms with van der Waals surface area (Å²) in [7, 11) is 0. The number of amides is 1. The molecule has 0 aromatic rings. The van der Waals surface area contributed by atoms with Gasteiger partial charge in [-0.2, -0.15) is 0 Å². The number of rotatable bonds is 0. The summed E-state index contributed by atoms with van der Waals surface area (Å²) in [4.78, 5) is 13.3. The normalized spacial score (nSPS) is 35.0. The van der Waals surface area contributed by atoms with Crippen molar-refractivity contribution in [2.24, 2.45) is 0 Å². The number of nitrogens with one attached hydrogen (secondary N) is 1. The van der Waals surface area contributed by atoms with Crippen LogP contribution in [0, 0.1) is 0 Å². The van der Waals surface area contributed by atoms with Crippen molar-refractivity contribution in [1.29, 1.82) is 0 Å². The fourth-order valence-corrected chi connectivity index (χ4v) is 3.23. The van der Waals surface area contributed by atoms with Crippen molar-refractivity contribution in [3.8, 4) is 0 Å². The molecule has 2 rings (SSSR count). The van der Waals surface area contributed by atoms with Crippen molar-refractivity contribution in [3.63, 3.8) is 0 Å². The van der Waals surface area contributed by atoms with E-state index in [1.165, 1.54) is 19.3 Å². The van der Waals surface area contributed by atoms with E-state index in [-0.39, 0.29) is 55.5 Å². The third-order valence-corrected chi connectivity index (χ3v) is 4.52. The molecule has 62 valence electrons. The number of nitrogens with zero attached hydrogens (tertiary/aromatic N) is 1. The van der Waals surface area contributed by atoms with E-state index in [4.69, 9.17) is 0 Å². The van der Waals surface area contributed by atoms with E-state index in [0.717, 1.165) is 13.1 Å². The van der Waals surface area contributed by atoms with Gasteiger partial charge < -0.3 is 0 Å². The van der Waals surface area contributed by atoms with Crippen molar-refractivity contribution < 1.29 is 4.79 Å². The Morgan fingerprint density at radius 1 is 1.33 bits per heavy atom. The first-order chi connectivity index (χ1) is 5.75. The van der Waals surface area contributed by atoms with Crippen LogP contribution >= 0.6 is 0 Å². The molecule has 2 atom stereocenters. The summed E-state index contributed by atoms with van der Waals surface area (Å²) in [5, 5.41) is 3.57. The second kappa shape index (κ2) is 4.17. The molecule has 2 unspecified atom stereocenters. The molecule has 2 aliphatic heterocycles. The first kappa shape index (κ1) is 9.78. The second-order valence-corrected chi connectivity index (χ2v) is 5.99. The predicted octanol–water partition coefficient (Wildman–Crippen LogP) is 0.101. The Balaban J connectivity index is 2.00. The van der Waals surface area contributed by atoms with Gasteiger partial charge in [-0.25, -0.2) is 0 Å². The van der Waals surface area contributed by atoms with Gasteiger partial charge in [0.25, 0.3) is 0 Å². The SMILES string of the molecule is O=[C]([Rb])N1CCC2CCC(C1)N2. The van der Waals surface area contributed by atoms with Crippen LogP contribution in [0.1, 0.15) is 19.3 Å². The Morgan fingerprint density at radius 3 is 2.83 bits per heavy atom. The summed E-state index contributed by atoms with van der Waals surface area (Å²) < 4.78 is 0.436. The van der Waals surface area contributed by atoms with Crippen LogP contribution in [0.5, 0.6) is 0 Å². The monoisotopic (exact) mass is 238 g/mol. The summed E-state index contributed by atoms with van der Waals surface area (Å²) in [5.74, 6) is 0. The summed E-state index contributed by atoms with van der Waals surface area (Å²) in [5.41, 5.74) is 0. The molecule has 0 saturated carbocycles. The first-order valence-electron chi connectivity index (χ1n) is 4.77. The van der Waals surface area contributed by atoms with Gasteiger partial charge in [0.1, 0.15) is 0 Å². The number of likely N-dealkylation sites (tertiary alicyclic amines) is 1. The molecule has 0 spiro atoms. The Hall–Kier alpha value is 1.24. The molecule has 1 N–H and O–H groups in total. The zero-order chi connectivity index (χ0) is 8.55. The van der Waals surface area contributed by atoms with Gasteiger partial charge in [0.05, 0.1) is 0 Å². The van der Waals surface area contributed by atoms with E-state index in [1.54, 1.807) is 0 Å². The van der Waals surface area contributed by atoms with Gasteiger partial charge in [-0.05, 0) is 0 Å². The van der Waals surface area contributed by atoms with Crippen molar-refractivity contribution >= 4 is 54.5 Å². The minimum absolute atomic E-state index is 0.170. The van der Waals surface area contributed by atoms with Gasteiger partial charge in [0.15, 0.2) is 0 Å². The molecular formula is C8H13N2ORb. The van der Waals surface area contributed by atoms with E-state index in [2.05, 4.69) is 10.2 Å². The van der Waals surface area contributed by atoms with Crippen LogP contribution in [0.3, 0.4) is 0 Å². The van der Waals surface area contributed by atoms with Crippen LogP contribution in [-0.4, -0.2) is 84.6 Å². The fourth-order valence-electron chi connectivity index (χ4n) is 2.23. The van der Waals surface area contributed by atoms with Gasteiger partial charge in [-0.3, -0.25) is 0 Å². The molecule has 2 fully saturated rings. The average Bonchev–Trinajstić information content (AvgIpc) is 2.29.